The number of hydrogen-bond acceptors (Lipinski definition) is 6. The van der Waals surface area contributed by atoms with Crippen LogP contribution in [0.25, 0.3) is 11.5 Å². The lowest BCUT2D eigenvalue weighted by Crippen LogP contribution is -2.31. The number of rotatable bonds is 8. The third-order valence-electron chi connectivity index (χ3n) is 7.87. The van der Waals surface area contributed by atoms with E-state index in [9.17, 15) is 4.79 Å². The van der Waals surface area contributed by atoms with Crippen LogP contribution in [0.1, 0.15) is 35.6 Å². The first kappa shape index (κ1) is 24.4. The maximum Gasteiger partial charge on any atom is 0.314 e. The van der Waals surface area contributed by atoms with E-state index in [4.69, 9.17) is 13.9 Å². The van der Waals surface area contributed by atoms with E-state index in [2.05, 4.69) is 41.1 Å². The van der Waals surface area contributed by atoms with Gasteiger partial charge in [0.05, 0.1) is 17.7 Å². The standard InChI is InChI=1S/C32H32N2O4/c1-22-28(33-30(37-22)25-11-7-4-8-12-25)17-18-36-26-15-13-24(14-16-26)29-27-20-34(19-23-9-5-3-6-10-23)21-32(27,2)31(35)38-29/h3-16,27,29H,17-21H2,1-2H3/t27-,29-,32-/m0/s1. The Labute approximate surface area is 223 Å². The molecular formula is C32H32N2O4. The quantitative estimate of drug-likeness (QED) is 0.272. The summed E-state index contributed by atoms with van der Waals surface area (Å²) < 4.78 is 17.8. The van der Waals surface area contributed by atoms with Gasteiger partial charge in [-0.1, -0.05) is 60.7 Å². The summed E-state index contributed by atoms with van der Waals surface area (Å²) in [5, 5.41) is 0. The zero-order chi connectivity index (χ0) is 26.1. The van der Waals surface area contributed by atoms with Gasteiger partial charge in [0.1, 0.15) is 17.6 Å². The van der Waals surface area contributed by atoms with E-state index in [1.54, 1.807) is 0 Å². The number of likely N-dealkylation sites (tertiary alicyclic amines) is 1. The number of carbonyl (C=O) groups is 1. The predicted molar refractivity (Wildman–Crippen MR) is 144 cm³/mol. The zero-order valence-electron chi connectivity index (χ0n) is 21.8. The van der Waals surface area contributed by atoms with Crippen LogP contribution >= 0.6 is 0 Å². The average molecular weight is 509 g/mol. The summed E-state index contributed by atoms with van der Waals surface area (Å²) in [6, 6.07) is 28.3. The zero-order valence-corrected chi connectivity index (χ0v) is 21.8. The molecule has 0 radical (unpaired) electrons. The fourth-order valence-corrected chi connectivity index (χ4v) is 5.75. The highest BCUT2D eigenvalue weighted by Gasteiger charge is 2.59. The van der Waals surface area contributed by atoms with Crippen LogP contribution in [0.2, 0.25) is 0 Å². The van der Waals surface area contributed by atoms with Crippen molar-refractivity contribution in [3.05, 3.63) is 108 Å². The van der Waals surface area contributed by atoms with Crippen molar-refractivity contribution < 1.29 is 18.7 Å². The first-order valence-corrected chi connectivity index (χ1v) is 13.2. The van der Waals surface area contributed by atoms with Crippen molar-refractivity contribution in [3.63, 3.8) is 0 Å². The molecule has 0 amide bonds. The van der Waals surface area contributed by atoms with Gasteiger partial charge in [-0.2, -0.15) is 0 Å². The highest BCUT2D eigenvalue weighted by atomic mass is 16.6. The third-order valence-corrected chi connectivity index (χ3v) is 7.87. The fraction of sp³-hybridized carbons (Fsp3) is 0.312. The fourth-order valence-electron chi connectivity index (χ4n) is 5.75. The third kappa shape index (κ3) is 4.72. The molecule has 0 bridgehead atoms. The number of esters is 1. The number of aromatic nitrogens is 1. The molecule has 2 aliphatic rings. The molecule has 0 saturated carbocycles. The maximum atomic E-state index is 12.9. The van der Waals surface area contributed by atoms with Gasteiger partial charge in [0.15, 0.2) is 0 Å². The molecule has 6 rings (SSSR count). The van der Waals surface area contributed by atoms with E-state index in [0.717, 1.165) is 48.0 Å². The molecule has 3 heterocycles. The predicted octanol–water partition coefficient (Wildman–Crippen LogP) is 6.01. The van der Waals surface area contributed by atoms with Crippen LogP contribution in [-0.2, 0) is 22.5 Å². The summed E-state index contributed by atoms with van der Waals surface area (Å²) >= 11 is 0. The van der Waals surface area contributed by atoms with Gasteiger partial charge in [-0.3, -0.25) is 9.69 Å². The Hall–Kier alpha value is -3.90. The highest BCUT2D eigenvalue weighted by Crippen LogP contribution is 2.52. The molecule has 194 valence electrons. The van der Waals surface area contributed by atoms with E-state index >= 15 is 0 Å². The van der Waals surface area contributed by atoms with Gasteiger partial charge in [0.2, 0.25) is 5.89 Å². The second-order valence-corrected chi connectivity index (χ2v) is 10.6. The summed E-state index contributed by atoms with van der Waals surface area (Å²) in [6.45, 7) is 6.88. The number of aryl methyl sites for hydroxylation is 1. The van der Waals surface area contributed by atoms with Crippen LogP contribution in [0.4, 0.5) is 0 Å². The van der Waals surface area contributed by atoms with Gasteiger partial charge >= 0.3 is 5.97 Å². The van der Waals surface area contributed by atoms with E-state index in [1.807, 2.05) is 67.6 Å². The number of carbonyl (C=O) groups excluding carboxylic acids is 1. The molecule has 6 heteroatoms. The van der Waals surface area contributed by atoms with Crippen molar-refractivity contribution in [2.75, 3.05) is 19.7 Å². The molecule has 4 aromatic rings. The van der Waals surface area contributed by atoms with Crippen molar-refractivity contribution in [1.82, 2.24) is 9.88 Å². The smallest absolute Gasteiger partial charge is 0.314 e. The average Bonchev–Trinajstić information content (AvgIpc) is 3.55. The Bertz CT molecular complexity index is 1400. The molecule has 3 aromatic carbocycles. The summed E-state index contributed by atoms with van der Waals surface area (Å²) in [5.74, 6) is 2.25. The molecule has 38 heavy (non-hydrogen) atoms. The summed E-state index contributed by atoms with van der Waals surface area (Å²) in [4.78, 5) is 20.0. The number of ether oxygens (including phenoxy) is 2. The molecule has 2 saturated heterocycles. The van der Waals surface area contributed by atoms with Crippen molar-refractivity contribution in [1.29, 1.82) is 0 Å². The number of fused-ring (bicyclic) bond motifs is 1. The lowest BCUT2D eigenvalue weighted by atomic mass is 9.78. The van der Waals surface area contributed by atoms with Crippen LogP contribution < -0.4 is 4.74 Å². The number of hydrogen-bond donors (Lipinski definition) is 0. The Kier molecular flexibility index (Phi) is 6.50. The highest BCUT2D eigenvalue weighted by molar-refractivity contribution is 5.80. The van der Waals surface area contributed by atoms with Gasteiger partial charge in [0.25, 0.3) is 0 Å². The van der Waals surface area contributed by atoms with Crippen molar-refractivity contribution in [3.8, 4) is 17.2 Å². The first-order valence-electron chi connectivity index (χ1n) is 13.2. The van der Waals surface area contributed by atoms with E-state index in [1.165, 1.54) is 5.56 Å². The summed E-state index contributed by atoms with van der Waals surface area (Å²) in [7, 11) is 0. The van der Waals surface area contributed by atoms with Crippen LogP contribution in [0.3, 0.4) is 0 Å². The molecule has 0 N–H and O–H groups in total. The number of oxazole rings is 1. The second-order valence-electron chi connectivity index (χ2n) is 10.6. The van der Waals surface area contributed by atoms with Gasteiger partial charge in [-0.05, 0) is 49.2 Å². The lowest BCUT2D eigenvalue weighted by molar-refractivity contribution is -0.148. The normalized spacial score (nSPS) is 22.8. The van der Waals surface area contributed by atoms with Crippen molar-refractivity contribution in [2.45, 2.75) is 32.9 Å². The first-order chi connectivity index (χ1) is 18.5. The molecule has 6 nitrogen and oxygen atoms in total. The minimum absolute atomic E-state index is 0.0961. The Morgan fingerprint density at radius 2 is 1.71 bits per heavy atom. The second kappa shape index (κ2) is 10.1. The largest absolute Gasteiger partial charge is 0.493 e. The van der Waals surface area contributed by atoms with E-state index in [-0.39, 0.29) is 18.0 Å². The minimum atomic E-state index is -0.483. The van der Waals surface area contributed by atoms with Crippen LogP contribution in [-0.4, -0.2) is 35.5 Å². The minimum Gasteiger partial charge on any atom is -0.493 e. The molecule has 1 aromatic heterocycles. The molecule has 2 fully saturated rings. The Morgan fingerprint density at radius 1 is 1.00 bits per heavy atom. The van der Waals surface area contributed by atoms with Crippen LogP contribution in [0, 0.1) is 18.3 Å². The van der Waals surface area contributed by atoms with Crippen LogP contribution in [0.5, 0.6) is 5.75 Å². The molecule has 2 aliphatic heterocycles. The molecule has 0 aliphatic carbocycles. The molecule has 0 unspecified atom stereocenters. The monoisotopic (exact) mass is 508 g/mol. The van der Waals surface area contributed by atoms with Gasteiger partial charge in [0, 0.05) is 37.5 Å². The van der Waals surface area contributed by atoms with Gasteiger partial charge in [-0.25, -0.2) is 4.98 Å². The van der Waals surface area contributed by atoms with Crippen molar-refractivity contribution in [2.24, 2.45) is 11.3 Å². The van der Waals surface area contributed by atoms with Gasteiger partial charge in [-0.15, -0.1) is 0 Å². The molecular weight excluding hydrogens is 476 g/mol. The topological polar surface area (TPSA) is 64.8 Å². The molecule has 3 atom stereocenters. The lowest BCUT2D eigenvalue weighted by Gasteiger charge is -2.20. The van der Waals surface area contributed by atoms with E-state index < -0.39 is 5.41 Å². The Balaban J connectivity index is 1.07. The molecule has 0 spiro atoms. The summed E-state index contributed by atoms with van der Waals surface area (Å²) in [5.41, 5.74) is 3.66. The number of cyclic esters (lactones) is 1. The van der Waals surface area contributed by atoms with Gasteiger partial charge < -0.3 is 13.9 Å². The number of benzene rings is 3. The van der Waals surface area contributed by atoms with Crippen molar-refractivity contribution >= 4 is 5.97 Å². The maximum absolute atomic E-state index is 12.9. The summed E-state index contributed by atoms with van der Waals surface area (Å²) in [6.07, 6.45) is 0.415. The SMILES string of the molecule is Cc1oc(-c2ccccc2)nc1CCOc1ccc([C@@H]2OC(=O)[C@@]3(C)CN(Cc4ccccc4)C[C@@H]23)cc1. The van der Waals surface area contributed by atoms with Crippen LogP contribution in [0.15, 0.2) is 89.3 Å². The van der Waals surface area contributed by atoms with E-state index in [0.29, 0.717) is 18.9 Å². The Morgan fingerprint density at radius 3 is 2.45 bits per heavy atom. The number of nitrogens with zero attached hydrogens (tertiary/aromatic N) is 2.